The summed E-state index contributed by atoms with van der Waals surface area (Å²) in [6, 6.07) is 16.4. The van der Waals surface area contributed by atoms with Crippen LogP contribution in [0.25, 0.3) is 0 Å². The fourth-order valence-electron chi connectivity index (χ4n) is 4.30. The van der Waals surface area contributed by atoms with Gasteiger partial charge in [0.1, 0.15) is 23.9 Å². The van der Waals surface area contributed by atoms with Crippen LogP contribution in [0.2, 0.25) is 0 Å². The van der Waals surface area contributed by atoms with Gasteiger partial charge in [-0.3, -0.25) is 9.69 Å². The number of hydrogen-bond acceptors (Lipinski definition) is 6. The first-order valence-electron chi connectivity index (χ1n) is 8.78. The van der Waals surface area contributed by atoms with Crippen LogP contribution in [0.1, 0.15) is 5.56 Å². The largest absolute Gasteiger partial charge is 0.456 e. The molecule has 0 aliphatic carbocycles. The Morgan fingerprint density at radius 1 is 1.17 bits per heavy atom. The molecular formula is C21H13BrN4O3. The molecule has 2 aromatic rings. The quantitative estimate of drug-likeness (QED) is 0.649. The molecule has 3 aliphatic rings. The van der Waals surface area contributed by atoms with E-state index in [1.54, 1.807) is 41.3 Å². The molecule has 1 atom stereocenters. The zero-order chi connectivity index (χ0) is 20.3. The standard InChI is InChI=1S/C21H13BrN4O3/c22-11-5-7-12(8-6-11)26-16-10-29-19(27)17(16)21(14(9-23)18(26)24)13-3-1-2-4-15(13)25-20(21)28/h1-8H,10,24H2,(H,25,28). The molecule has 142 valence electrons. The van der Waals surface area contributed by atoms with Crippen LogP contribution >= 0.6 is 15.9 Å². The van der Waals surface area contributed by atoms with E-state index < -0.39 is 17.3 Å². The lowest BCUT2D eigenvalue weighted by Crippen LogP contribution is -2.48. The predicted molar refractivity (Wildman–Crippen MR) is 108 cm³/mol. The molecule has 0 bridgehead atoms. The molecule has 3 N–H and O–H groups in total. The molecule has 0 aromatic heterocycles. The average Bonchev–Trinajstić information content (AvgIpc) is 3.22. The molecule has 1 spiro atoms. The highest BCUT2D eigenvalue weighted by Crippen LogP contribution is 2.54. The Labute approximate surface area is 174 Å². The summed E-state index contributed by atoms with van der Waals surface area (Å²) in [7, 11) is 0. The van der Waals surface area contributed by atoms with E-state index in [9.17, 15) is 14.9 Å². The molecule has 7 nitrogen and oxygen atoms in total. The normalized spacial score (nSPS) is 22.4. The highest BCUT2D eigenvalue weighted by molar-refractivity contribution is 9.10. The smallest absolute Gasteiger partial charge is 0.338 e. The molecule has 29 heavy (non-hydrogen) atoms. The van der Waals surface area contributed by atoms with Gasteiger partial charge < -0.3 is 15.8 Å². The number of hydrogen-bond donors (Lipinski definition) is 2. The maximum absolute atomic E-state index is 13.3. The Morgan fingerprint density at radius 3 is 2.62 bits per heavy atom. The van der Waals surface area contributed by atoms with Crippen molar-refractivity contribution >= 4 is 39.2 Å². The number of benzene rings is 2. The lowest BCUT2D eigenvalue weighted by atomic mass is 9.67. The number of halogens is 1. The van der Waals surface area contributed by atoms with E-state index in [0.717, 1.165) is 4.47 Å². The molecular weight excluding hydrogens is 436 g/mol. The molecule has 0 fully saturated rings. The Balaban J connectivity index is 1.86. The second kappa shape index (κ2) is 5.96. The number of rotatable bonds is 1. The summed E-state index contributed by atoms with van der Waals surface area (Å²) in [5.74, 6) is -1.02. The molecule has 0 saturated carbocycles. The fourth-order valence-corrected chi connectivity index (χ4v) is 4.56. The van der Waals surface area contributed by atoms with Crippen LogP contribution < -0.4 is 16.0 Å². The van der Waals surface area contributed by atoms with Gasteiger partial charge in [-0.05, 0) is 30.3 Å². The second-order valence-corrected chi connectivity index (χ2v) is 7.75. The summed E-state index contributed by atoms with van der Waals surface area (Å²) in [6.45, 7) is -0.0408. The lowest BCUT2D eigenvalue weighted by Gasteiger charge is -2.38. The number of carbonyl (C=O) groups is 2. The van der Waals surface area contributed by atoms with E-state index in [1.165, 1.54) is 0 Å². The minimum atomic E-state index is -1.62. The van der Waals surface area contributed by atoms with Crippen molar-refractivity contribution in [2.75, 3.05) is 16.8 Å². The molecule has 3 heterocycles. The molecule has 1 amide bonds. The lowest BCUT2D eigenvalue weighted by molar-refractivity contribution is -0.137. The number of nitriles is 1. The van der Waals surface area contributed by atoms with Crippen molar-refractivity contribution in [1.29, 1.82) is 5.26 Å². The summed E-state index contributed by atoms with van der Waals surface area (Å²) in [5.41, 5.74) is 7.16. The van der Waals surface area contributed by atoms with Gasteiger partial charge in [-0.25, -0.2) is 4.79 Å². The molecule has 1 unspecified atom stereocenters. The Bertz CT molecular complexity index is 1210. The number of nitrogens with one attached hydrogen (secondary N) is 1. The third-order valence-corrected chi connectivity index (χ3v) is 5.99. The maximum atomic E-state index is 13.3. The van der Waals surface area contributed by atoms with Crippen molar-refractivity contribution in [1.82, 2.24) is 0 Å². The topological polar surface area (TPSA) is 108 Å². The number of anilines is 2. The minimum absolute atomic E-state index is 0.000434. The van der Waals surface area contributed by atoms with Gasteiger partial charge in [-0.1, -0.05) is 34.1 Å². The Hall–Kier alpha value is -3.57. The maximum Gasteiger partial charge on any atom is 0.338 e. The third-order valence-electron chi connectivity index (χ3n) is 5.47. The Kier molecular flexibility index (Phi) is 3.60. The van der Waals surface area contributed by atoms with E-state index in [1.807, 2.05) is 12.1 Å². The highest BCUT2D eigenvalue weighted by Gasteiger charge is 2.61. The first-order chi connectivity index (χ1) is 14.0. The number of carbonyl (C=O) groups excluding carboxylic acids is 2. The van der Waals surface area contributed by atoms with E-state index in [2.05, 4.69) is 27.3 Å². The van der Waals surface area contributed by atoms with E-state index in [0.29, 0.717) is 22.6 Å². The molecule has 2 aromatic carbocycles. The molecule has 5 rings (SSSR count). The summed E-state index contributed by atoms with van der Waals surface area (Å²) < 4.78 is 6.20. The SMILES string of the molecule is N#CC1=C(N)N(c2ccc(Br)cc2)C2=C(C(=O)OC2)C12C(=O)Nc1ccccc12. The predicted octanol–water partition coefficient (Wildman–Crippen LogP) is 2.66. The Morgan fingerprint density at radius 2 is 1.90 bits per heavy atom. The summed E-state index contributed by atoms with van der Waals surface area (Å²) in [6.07, 6.45) is 0. The van der Waals surface area contributed by atoms with Gasteiger partial charge in [-0.15, -0.1) is 0 Å². The van der Waals surface area contributed by atoms with Crippen molar-refractivity contribution in [3.63, 3.8) is 0 Å². The number of nitrogens with zero attached hydrogens (tertiary/aromatic N) is 2. The van der Waals surface area contributed by atoms with Crippen molar-refractivity contribution in [3.8, 4) is 6.07 Å². The number of nitrogens with two attached hydrogens (primary N) is 1. The van der Waals surface area contributed by atoms with E-state index >= 15 is 0 Å². The van der Waals surface area contributed by atoms with Crippen molar-refractivity contribution in [3.05, 3.63) is 81.2 Å². The zero-order valence-electron chi connectivity index (χ0n) is 14.9. The summed E-state index contributed by atoms with van der Waals surface area (Å²) in [4.78, 5) is 27.8. The number of esters is 1. The first kappa shape index (κ1) is 17.5. The van der Waals surface area contributed by atoms with Gasteiger partial charge in [0.25, 0.3) is 0 Å². The summed E-state index contributed by atoms with van der Waals surface area (Å²) >= 11 is 3.39. The van der Waals surface area contributed by atoms with Gasteiger partial charge in [0.15, 0.2) is 0 Å². The van der Waals surface area contributed by atoms with Gasteiger partial charge in [0.05, 0.1) is 16.8 Å². The van der Waals surface area contributed by atoms with Gasteiger partial charge in [-0.2, -0.15) is 5.26 Å². The summed E-state index contributed by atoms with van der Waals surface area (Å²) in [5, 5.41) is 12.9. The number of amides is 1. The van der Waals surface area contributed by atoms with Crippen LogP contribution in [0.3, 0.4) is 0 Å². The van der Waals surface area contributed by atoms with Crippen molar-refractivity contribution < 1.29 is 14.3 Å². The number of cyclic esters (lactones) is 1. The molecule has 0 saturated heterocycles. The monoisotopic (exact) mass is 448 g/mol. The molecule has 0 radical (unpaired) electrons. The number of fused-ring (bicyclic) bond motifs is 3. The van der Waals surface area contributed by atoms with Crippen LogP contribution in [0.4, 0.5) is 11.4 Å². The van der Waals surface area contributed by atoms with Crippen LogP contribution in [-0.2, 0) is 19.7 Å². The van der Waals surface area contributed by atoms with Gasteiger partial charge >= 0.3 is 5.97 Å². The van der Waals surface area contributed by atoms with Crippen LogP contribution in [-0.4, -0.2) is 18.5 Å². The highest BCUT2D eigenvalue weighted by atomic mass is 79.9. The van der Waals surface area contributed by atoms with E-state index in [-0.39, 0.29) is 23.6 Å². The molecule has 3 aliphatic heterocycles. The first-order valence-corrected chi connectivity index (χ1v) is 9.57. The third kappa shape index (κ3) is 2.10. The van der Waals surface area contributed by atoms with E-state index in [4.69, 9.17) is 10.5 Å². The van der Waals surface area contributed by atoms with Crippen LogP contribution in [0, 0.1) is 11.3 Å². The van der Waals surface area contributed by atoms with Crippen molar-refractivity contribution in [2.45, 2.75) is 5.41 Å². The van der Waals surface area contributed by atoms with Crippen molar-refractivity contribution in [2.24, 2.45) is 5.73 Å². The number of ether oxygens (including phenoxy) is 1. The minimum Gasteiger partial charge on any atom is -0.456 e. The fraction of sp³-hybridized carbons (Fsp3) is 0.0952. The van der Waals surface area contributed by atoms with Gasteiger partial charge in [0, 0.05) is 21.4 Å². The zero-order valence-corrected chi connectivity index (χ0v) is 16.5. The number of para-hydroxylation sites is 1. The second-order valence-electron chi connectivity index (χ2n) is 6.83. The van der Waals surface area contributed by atoms with Gasteiger partial charge in [0.2, 0.25) is 5.91 Å². The molecule has 8 heteroatoms. The van der Waals surface area contributed by atoms with Crippen LogP contribution in [0.15, 0.2) is 75.7 Å². The average molecular weight is 449 g/mol. The van der Waals surface area contributed by atoms with Crippen LogP contribution in [0.5, 0.6) is 0 Å².